The average Bonchev–Trinajstić information content (AvgIpc) is 2.75. The van der Waals surface area contributed by atoms with Crippen molar-refractivity contribution in [3.63, 3.8) is 0 Å². The number of unbranched alkanes of at least 4 members (excludes halogenated alkanes) is 3. The van der Waals surface area contributed by atoms with Crippen molar-refractivity contribution < 1.29 is 4.79 Å². The minimum Gasteiger partial charge on any atom is -0.356 e. The highest BCUT2D eigenvalue weighted by atomic mass is 16.2. The van der Waals surface area contributed by atoms with Gasteiger partial charge in [-0.25, -0.2) is 0 Å². The van der Waals surface area contributed by atoms with Gasteiger partial charge in [-0.1, -0.05) is 84.6 Å². The van der Waals surface area contributed by atoms with Crippen LogP contribution in [0.1, 0.15) is 129 Å². The van der Waals surface area contributed by atoms with E-state index in [1.165, 1.54) is 49.7 Å². The minimum atomic E-state index is -0.264. The molecule has 0 spiro atoms. The Morgan fingerprint density at radius 3 is 2.10 bits per heavy atom. The Bertz CT molecular complexity index is 602. The van der Waals surface area contributed by atoms with Crippen molar-refractivity contribution >= 4 is 5.91 Å². The average molecular weight is 429 g/mol. The number of nitrogens with one attached hydrogen (secondary N) is 1. The van der Waals surface area contributed by atoms with E-state index in [-0.39, 0.29) is 11.3 Å². The van der Waals surface area contributed by atoms with Crippen LogP contribution in [0.3, 0.4) is 0 Å². The summed E-state index contributed by atoms with van der Waals surface area (Å²) >= 11 is 0. The molecule has 0 aromatic heterocycles. The second-order valence-corrected chi connectivity index (χ2v) is 10.4. The highest BCUT2D eigenvalue weighted by Gasteiger charge is 2.26. The molecule has 0 fully saturated rings. The van der Waals surface area contributed by atoms with Gasteiger partial charge in [0.1, 0.15) is 0 Å². The predicted molar refractivity (Wildman–Crippen MR) is 136 cm³/mol. The Kier molecular flexibility index (Phi) is 13.0. The Hall–Kier alpha value is -1.44. The first-order valence-corrected chi connectivity index (χ1v) is 12.9. The van der Waals surface area contributed by atoms with Crippen LogP contribution in [0.2, 0.25) is 0 Å². The van der Waals surface area contributed by atoms with Crippen LogP contribution in [-0.4, -0.2) is 12.5 Å². The molecule has 31 heavy (non-hydrogen) atoms. The zero-order valence-electron chi connectivity index (χ0n) is 21.4. The molecule has 2 nitrogen and oxygen atoms in total. The lowest BCUT2D eigenvalue weighted by molar-refractivity contribution is -0.129. The molecular weight excluding hydrogens is 378 g/mol. The zero-order valence-corrected chi connectivity index (χ0v) is 21.4. The van der Waals surface area contributed by atoms with Crippen LogP contribution in [0, 0.1) is 18.3 Å². The van der Waals surface area contributed by atoms with E-state index in [2.05, 4.69) is 78.0 Å². The van der Waals surface area contributed by atoms with Gasteiger partial charge >= 0.3 is 0 Å². The smallest absolute Gasteiger partial charge is 0.225 e. The SMILES string of the molecule is [CH2+]C(C)CCCNC(=O)C(C)(C)CCCCCCC(CC)c1ccc(C(C)CC)cc1. The summed E-state index contributed by atoms with van der Waals surface area (Å²) in [6.07, 6.45) is 11.6. The third-order valence-electron chi connectivity index (χ3n) is 6.96. The molecule has 0 saturated carbocycles. The van der Waals surface area contributed by atoms with Crippen LogP contribution in [0.5, 0.6) is 0 Å². The Morgan fingerprint density at radius 2 is 1.52 bits per heavy atom. The molecule has 3 atom stereocenters. The van der Waals surface area contributed by atoms with Gasteiger partial charge in [0.25, 0.3) is 0 Å². The lowest BCUT2D eigenvalue weighted by Crippen LogP contribution is -2.37. The molecule has 3 unspecified atom stereocenters. The summed E-state index contributed by atoms with van der Waals surface area (Å²) in [6.45, 7) is 17.9. The van der Waals surface area contributed by atoms with Crippen molar-refractivity contribution in [1.29, 1.82) is 0 Å². The van der Waals surface area contributed by atoms with Crippen molar-refractivity contribution in [3.05, 3.63) is 42.3 Å². The highest BCUT2D eigenvalue weighted by Crippen LogP contribution is 2.29. The van der Waals surface area contributed by atoms with E-state index < -0.39 is 0 Å². The summed E-state index contributed by atoms with van der Waals surface area (Å²) in [5.41, 5.74) is 2.70. The molecule has 0 aliphatic rings. The van der Waals surface area contributed by atoms with E-state index in [0.717, 1.165) is 32.2 Å². The van der Waals surface area contributed by atoms with Gasteiger partial charge in [-0.2, -0.15) is 0 Å². The fourth-order valence-electron chi connectivity index (χ4n) is 4.26. The maximum absolute atomic E-state index is 12.5. The fourth-order valence-corrected chi connectivity index (χ4v) is 4.26. The van der Waals surface area contributed by atoms with Crippen molar-refractivity contribution in [2.75, 3.05) is 6.54 Å². The van der Waals surface area contributed by atoms with Gasteiger partial charge in [-0.3, -0.25) is 4.79 Å². The molecule has 0 radical (unpaired) electrons. The predicted octanol–water partition coefficient (Wildman–Crippen LogP) is 8.43. The van der Waals surface area contributed by atoms with E-state index in [9.17, 15) is 4.79 Å². The van der Waals surface area contributed by atoms with Gasteiger partial charge in [0.15, 0.2) is 0 Å². The quantitative estimate of drug-likeness (QED) is 0.208. The van der Waals surface area contributed by atoms with E-state index in [1.54, 1.807) is 0 Å². The number of amides is 1. The monoisotopic (exact) mass is 428 g/mol. The van der Waals surface area contributed by atoms with Crippen molar-refractivity contribution in [2.24, 2.45) is 11.3 Å². The van der Waals surface area contributed by atoms with Crippen molar-refractivity contribution in [2.45, 2.75) is 118 Å². The molecule has 1 aromatic rings. The first-order chi connectivity index (χ1) is 14.7. The third kappa shape index (κ3) is 10.6. The van der Waals surface area contributed by atoms with Crippen LogP contribution >= 0.6 is 0 Å². The van der Waals surface area contributed by atoms with Gasteiger partial charge in [-0.15, -0.1) is 0 Å². The fraction of sp³-hybridized carbons (Fsp3) is 0.724. The van der Waals surface area contributed by atoms with Gasteiger partial charge in [0.05, 0.1) is 12.8 Å². The summed E-state index contributed by atoms with van der Waals surface area (Å²) in [4.78, 5) is 12.5. The number of hydrogen-bond acceptors (Lipinski definition) is 1. The molecule has 0 aliphatic heterocycles. The van der Waals surface area contributed by atoms with E-state index in [4.69, 9.17) is 0 Å². The number of benzene rings is 1. The van der Waals surface area contributed by atoms with Crippen LogP contribution in [-0.2, 0) is 4.79 Å². The molecule has 1 amide bonds. The first kappa shape index (κ1) is 27.6. The van der Waals surface area contributed by atoms with Crippen LogP contribution in [0.25, 0.3) is 0 Å². The van der Waals surface area contributed by atoms with Crippen LogP contribution in [0.4, 0.5) is 0 Å². The third-order valence-corrected chi connectivity index (χ3v) is 6.96. The van der Waals surface area contributed by atoms with Crippen LogP contribution in [0.15, 0.2) is 24.3 Å². The standard InChI is InChI=1S/C29H49NO/c1-8-24(5)26-17-19-27(20-18-26)25(9-2)16-12-10-11-13-21-29(6,7)28(31)30-22-14-15-23(3)4/h17-20,23-25H,3,8-16,21-22H2,1-2,4-7H3/p+1. The Morgan fingerprint density at radius 1 is 0.903 bits per heavy atom. The lowest BCUT2D eigenvalue weighted by atomic mass is 9.85. The van der Waals surface area contributed by atoms with E-state index in [0.29, 0.717) is 17.8 Å². The maximum atomic E-state index is 12.5. The first-order valence-electron chi connectivity index (χ1n) is 12.9. The molecule has 1 rings (SSSR count). The number of rotatable bonds is 16. The molecule has 0 saturated heterocycles. The van der Waals surface area contributed by atoms with E-state index >= 15 is 0 Å². The maximum Gasteiger partial charge on any atom is 0.225 e. The van der Waals surface area contributed by atoms with Gasteiger partial charge < -0.3 is 5.32 Å². The molecule has 1 N–H and O–H groups in total. The lowest BCUT2D eigenvalue weighted by Gasteiger charge is -2.23. The summed E-state index contributed by atoms with van der Waals surface area (Å²) in [6, 6.07) is 9.38. The molecule has 2 heteroatoms. The van der Waals surface area contributed by atoms with E-state index in [1.807, 2.05) is 0 Å². The number of carbonyl (C=O) groups is 1. The summed E-state index contributed by atoms with van der Waals surface area (Å²) < 4.78 is 0. The second-order valence-electron chi connectivity index (χ2n) is 10.4. The Balaban J connectivity index is 2.28. The van der Waals surface area contributed by atoms with Gasteiger partial charge in [-0.05, 0) is 68.4 Å². The topological polar surface area (TPSA) is 29.1 Å². The number of carbonyl (C=O) groups excluding carboxylic acids is 1. The summed E-state index contributed by atoms with van der Waals surface area (Å²) in [5, 5.41) is 3.12. The molecule has 0 aliphatic carbocycles. The highest BCUT2D eigenvalue weighted by molar-refractivity contribution is 5.81. The van der Waals surface area contributed by atoms with Crippen molar-refractivity contribution in [1.82, 2.24) is 5.32 Å². The molecule has 0 bridgehead atoms. The van der Waals surface area contributed by atoms with Crippen molar-refractivity contribution in [3.8, 4) is 0 Å². The molecular formula is C29H50NO+. The summed E-state index contributed by atoms with van der Waals surface area (Å²) in [5.74, 6) is 1.99. The molecule has 176 valence electrons. The number of hydrogen-bond donors (Lipinski definition) is 1. The van der Waals surface area contributed by atoms with Crippen LogP contribution < -0.4 is 5.32 Å². The zero-order chi connectivity index (χ0) is 23.3. The second kappa shape index (κ2) is 14.6. The van der Waals surface area contributed by atoms with Gasteiger partial charge in [0.2, 0.25) is 5.91 Å². The molecule has 0 heterocycles. The normalized spacial score (nSPS) is 14.8. The van der Waals surface area contributed by atoms with Gasteiger partial charge in [0, 0.05) is 12.0 Å². The minimum absolute atomic E-state index is 0.205. The summed E-state index contributed by atoms with van der Waals surface area (Å²) in [7, 11) is 0. The Labute approximate surface area is 194 Å². The largest absolute Gasteiger partial charge is 0.356 e. The molecule has 1 aromatic carbocycles.